The molecular weight excluding hydrogens is 312 g/mol. The SMILES string of the molecule is CCc1nnsc1C(=O)NC[C@H](C(CC)CC)N1CCOCC1. The molecule has 0 spiro atoms. The molecule has 130 valence electrons. The minimum absolute atomic E-state index is 0.0407. The molecule has 1 aliphatic heterocycles. The third-order valence-corrected chi connectivity index (χ3v) is 5.44. The first kappa shape index (κ1) is 18.3. The van der Waals surface area contributed by atoms with Gasteiger partial charge in [-0.25, -0.2) is 0 Å². The molecule has 0 saturated carbocycles. The predicted octanol–water partition coefficient (Wildman–Crippen LogP) is 1.97. The third-order valence-electron chi connectivity index (χ3n) is 4.68. The predicted molar refractivity (Wildman–Crippen MR) is 91.9 cm³/mol. The topological polar surface area (TPSA) is 67.4 Å². The number of nitrogens with zero attached hydrogens (tertiary/aromatic N) is 3. The third kappa shape index (κ3) is 4.71. The number of nitrogens with one attached hydrogen (secondary N) is 1. The lowest BCUT2D eigenvalue weighted by Crippen LogP contribution is -2.52. The van der Waals surface area contributed by atoms with Gasteiger partial charge < -0.3 is 10.1 Å². The van der Waals surface area contributed by atoms with E-state index in [0.717, 1.165) is 51.3 Å². The van der Waals surface area contributed by atoms with Crippen LogP contribution in [0.1, 0.15) is 49.0 Å². The fraction of sp³-hybridized carbons (Fsp3) is 0.812. The fourth-order valence-electron chi connectivity index (χ4n) is 3.23. The van der Waals surface area contributed by atoms with E-state index in [4.69, 9.17) is 4.74 Å². The monoisotopic (exact) mass is 340 g/mol. The second-order valence-corrected chi connectivity index (χ2v) is 6.66. The van der Waals surface area contributed by atoms with Crippen LogP contribution in [-0.2, 0) is 11.2 Å². The molecule has 1 aromatic heterocycles. The van der Waals surface area contributed by atoms with Crippen LogP contribution in [0.15, 0.2) is 0 Å². The fourth-order valence-corrected chi connectivity index (χ4v) is 3.89. The summed E-state index contributed by atoms with van der Waals surface area (Å²) in [6, 6.07) is 0.365. The molecule has 1 aromatic rings. The van der Waals surface area contributed by atoms with Crippen molar-refractivity contribution in [2.75, 3.05) is 32.8 Å². The lowest BCUT2D eigenvalue weighted by Gasteiger charge is -2.38. The molecule has 1 aliphatic rings. The van der Waals surface area contributed by atoms with E-state index in [2.05, 4.69) is 33.7 Å². The van der Waals surface area contributed by atoms with Crippen LogP contribution in [0.2, 0.25) is 0 Å². The second kappa shape index (κ2) is 9.30. The van der Waals surface area contributed by atoms with Gasteiger partial charge in [-0.3, -0.25) is 9.69 Å². The lowest BCUT2D eigenvalue weighted by atomic mass is 9.92. The smallest absolute Gasteiger partial charge is 0.265 e. The van der Waals surface area contributed by atoms with Gasteiger partial charge in [0.1, 0.15) is 4.88 Å². The van der Waals surface area contributed by atoms with Crippen LogP contribution in [0.3, 0.4) is 0 Å². The lowest BCUT2D eigenvalue weighted by molar-refractivity contribution is 0.00192. The number of morpholine rings is 1. The van der Waals surface area contributed by atoms with Crippen LogP contribution in [0, 0.1) is 5.92 Å². The molecule has 6 nitrogen and oxygen atoms in total. The number of carbonyl (C=O) groups is 1. The Labute approximate surface area is 142 Å². The van der Waals surface area contributed by atoms with Crippen LogP contribution in [-0.4, -0.2) is 59.3 Å². The number of hydrogen-bond acceptors (Lipinski definition) is 6. The molecule has 0 unspecified atom stereocenters. The minimum Gasteiger partial charge on any atom is -0.379 e. The molecule has 0 bridgehead atoms. The highest BCUT2D eigenvalue weighted by Gasteiger charge is 2.27. The summed E-state index contributed by atoms with van der Waals surface area (Å²) in [4.78, 5) is 15.6. The van der Waals surface area contributed by atoms with Gasteiger partial charge in [-0.1, -0.05) is 38.1 Å². The maximum atomic E-state index is 12.4. The number of hydrogen-bond donors (Lipinski definition) is 1. The molecule has 1 atom stereocenters. The summed E-state index contributed by atoms with van der Waals surface area (Å²) in [5, 5.41) is 7.14. The molecule has 1 saturated heterocycles. The summed E-state index contributed by atoms with van der Waals surface area (Å²) in [6.45, 7) is 10.6. The highest BCUT2D eigenvalue weighted by molar-refractivity contribution is 7.08. The van der Waals surface area contributed by atoms with Gasteiger partial charge in [0.15, 0.2) is 0 Å². The molecule has 0 radical (unpaired) electrons. The normalized spacial score (nSPS) is 17.4. The Morgan fingerprint density at radius 3 is 2.61 bits per heavy atom. The van der Waals surface area contributed by atoms with Crippen molar-refractivity contribution in [2.24, 2.45) is 5.92 Å². The van der Waals surface area contributed by atoms with E-state index in [-0.39, 0.29) is 5.91 Å². The number of aryl methyl sites for hydroxylation is 1. The van der Waals surface area contributed by atoms with Gasteiger partial charge in [0.25, 0.3) is 5.91 Å². The Hall–Kier alpha value is -1.05. The van der Waals surface area contributed by atoms with E-state index in [9.17, 15) is 4.79 Å². The van der Waals surface area contributed by atoms with Gasteiger partial charge in [-0.05, 0) is 23.9 Å². The van der Waals surface area contributed by atoms with E-state index in [1.807, 2.05) is 6.92 Å². The average molecular weight is 340 g/mol. The number of ether oxygens (including phenoxy) is 1. The van der Waals surface area contributed by atoms with E-state index in [1.165, 1.54) is 11.5 Å². The van der Waals surface area contributed by atoms with Crippen molar-refractivity contribution in [3.63, 3.8) is 0 Å². The van der Waals surface area contributed by atoms with Gasteiger partial charge >= 0.3 is 0 Å². The highest BCUT2D eigenvalue weighted by Crippen LogP contribution is 2.20. The van der Waals surface area contributed by atoms with Crippen LogP contribution in [0.25, 0.3) is 0 Å². The number of aromatic nitrogens is 2. The Bertz CT molecular complexity index is 484. The molecule has 2 rings (SSSR count). The van der Waals surface area contributed by atoms with Crippen molar-refractivity contribution in [3.8, 4) is 0 Å². The minimum atomic E-state index is -0.0407. The molecule has 23 heavy (non-hydrogen) atoms. The van der Waals surface area contributed by atoms with Crippen molar-refractivity contribution in [1.82, 2.24) is 19.8 Å². The summed E-state index contributed by atoms with van der Waals surface area (Å²) < 4.78 is 9.37. The van der Waals surface area contributed by atoms with Crippen LogP contribution in [0.4, 0.5) is 0 Å². The number of amides is 1. The summed E-state index contributed by atoms with van der Waals surface area (Å²) in [6.07, 6.45) is 2.98. The van der Waals surface area contributed by atoms with E-state index in [0.29, 0.717) is 23.4 Å². The van der Waals surface area contributed by atoms with E-state index < -0.39 is 0 Å². The quantitative estimate of drug-likeness (QED) is 0.784. The molecule has 7 heteroatoms. The van der Waals surface area contributed by atoms with Crippen molar-refractivity contribution in [2.45, 2.75) is 46.1 Å². The van der Waals surface area contributed by atoms with Gasteiger partial charge in [-0.15, -0.1) is 5.10 Å². The van der Waals surface area contributed by atoms with Crippen molar-refractivity contribution in [1.29, 1.82) is 0 Å². The molecule has 0 aromatic carbocycles. The largest absolute Gasteiger partial charge is 0.379 e. The van der Waals surface area contributed by atoms with E-state index in [1.54, 1.807) is 0 Å². The number of rotatable bonds is 8. The Morgan fingerprint density at radius 1 is 1.30 bits per heavy atom. The first-order chi connectivity index (χ1) is 11.2. The Kier molecular flexibility index (Phi) is 7.39. The molecule has 1 fully saturated rings. The summed E-state index contributed by atoms with van der Waals surface area (Å²) >= 11 is 1.18. The highest BCUT2D eigenvalue weighted by atomic mass is 32.1. The first-order valence-corrected chi connectivity index (χ1v) is 9.39. The zero-order valence-corrected chi connectivity index (χ0v) is 15.2. The molecule has 0 aliphatic carbocycles. The zero-order valence-electron chi connectivity index (χ0n) is 14.4. The van der Waals surface area contributed by atoms with Gasteiger partial charge in [0, 0.05) is 25.7 Å². The summed E-state index contributed by atoms with van der Waals surface area (Å²) in [5.74, 6) is 0.541. The van der Waals surface area contributed by atoms with Crippen molar-refractivity contribution < 1.29 is 9.53 Å². The van der Waals surface area contributed by atoms with E-state index >= 15 is 0 Å². The Morgan fingerprint density at radius 2 is 2.00 bits per heavy atom. The van der Waals surface area contributed by atoms with Crippen LogP contribution >= 0.6 is 11.5 Å². The first-order valence-electron chi connectivity index (χ1n) is 8.62. The maximum Gasteiger partial charge on any atom is 0.265 e. The maximum absolute atomic E-state index is 12.4. The average Bonchev–Trinajstić information content (AvgIpc) is 3.08. The molecule has 2 heterocycles. The zero-order chi connectivity index (χ0) is 16.7. The molecular formula is C16H28N4O2S. The molecule has 1 amide bonds. The number of carbonyl (C=O) groups excluding carboxylic acids is 1. The second-order valence-electron chi connectivity index (χ2n) is 5.90. The Balaban J connectivity index is 2.00. The molecule has 1 N–H and O–H groups in total. The van der Waals surface area contributed by atoms with Crippen LogP contribution < -0.4 is 5.32 Å². The van der Waals surface area contributed by atoms with Crippen molar-refractivity contribution >= 4 is 17.4 Å². The van der Waals surface area contributed by atoms with Gasteiger partial charge in [-0.2, -0.15) is 0 Å². The van der Waals surface area contributed by atoms with Gasteiger partial charge in [0.2, 0.25) is 0 Å². The van der Waals surface area contributed by atoms with Crippen LogP contribution in [0.5, 0.6) is 0 Å². The van der Waals surface area contributed by atoms with Crippen molar-refractivity contribution in [3.05, 3.63) is 10.6 Å². The standard InChI is InChI=1S/C16H28N4O2S/c1-4-12(5-2)14(20-7-9-22-10-8-20)11-17-16(21)15-13(6-3)18-19-23-15/h12,14H,4-11H2,1-3H3,(H,17,21)/t14-/m1/s1. The summed E-state index contributed by atoms with van der Waals surface area (Å²) in [7, 11) is 0. The summed E-state index contributed by atoms with van der Waals surface area (Å²) in [5.41, 5.74) is 0.790. The van der Waals surface area contributed by atoms with Gasteiger partial charge in [0.05, 0.1) is 18.9 Å².